The van der Waals surface area contributed by atoms with Gasteiger partial charge < -0.3 is 4.42 Å². The zero-order valence-electron chi connectivity index (χ0n) is 41.1. The number of hydrogen-bond acceptors (Lipinski definition) is 4. The molecule has 0 saturated carbocycles. The molecule has 2 heterocycles. The molecule has 0 bridgehead atoms. The molecule has 0 aliphatic rings. The standard InChI is InChI=1S/C45H27N3O/c1-3-12-28(13-4-1)43-46-44(29-14-5-2-6-15-29)48-45(47-43)37-20-11-21-41-42(37)39-27-31(23-25-40(39)49-41)30-22-24-36-34-18-8-7-16-32(34)33-17-9-10-19-35(33)38(36)26-30/h1-27H/i1D,2D,3D,4D,5D,6D,11D,12D,13D,14D,15D,20D,21D,23D,25D,27D. The van der Waals surface area contributed by atoms with Crippen LogP contribution in [-0.4, -0.2) is 15.0 Å². The van der Waals surface area contributed by atoms with Gasteiger partial charge in [0.2, 0.25) is 0 Å². The van der Waals surface area contributed by atoms with Gasteiger partial charge in [0.15, 0.2) is 17.5 Å². The van der Waals surface area contributed by atoms with Gasteiger partial charge in [0, 0.05) is 27.5 Å². The van der Waals surface area contributed by atoms with Crippen molar-refractivity contribution in [3.63, 3.8) is 0 Å². The van der Waals surface area contributed by atoms with Crippen molar-refractivity contribution in [2.75, 3.05) is 0 Å². The van der Waals surface area contributed by atoms with Crippen LogP contribution >= 0.6 is 0 Å². The van der Waals surface area contributed by atoms with E-state index < -0.39 is 119 Å². The molecule has 10 rings (SSSR count). The Bertz CT molecular complexity index is 3630. The molecule has 0 amide bonds. The summed E-state index contributed by atoms with van der Waals surface area (Å²) in [4.78, 5) is 13.2. The first-order chi connectivity index (χ1) is 30.9. The fourth-order valence-corrected chi connectivity index (χ4v) is 6.26. The molecule has 0 spiro atoms. The minimum absolute atomic E-state index is 0.00131. The summed E-state index contributed by atoms with van der Waals surface area (Å²) in [7, 11) is 0. The van der Waals surface area contributed by atoms with Gasteiger partial charge in [-0.15, -0.1) is 0 Å². The van der Waals surface area contributed by atoms with Gasteiger partial charge in [-0.3, -0.25) is 0 Å². The molecule has 4 heteroatoms. The van der Waals surface area contributed by atoms with E-state index in [0.717, 1.165) is 32.3 Å². The van der Waals surface area contributed by atoms with Crippen LogP contribution in [0, 0.1) is 0 Å². The second-order valence-corrected chi connectivity index (χ2v) is 11.2. The van der Waals surface area contributed by atoms with Crippen LogP contribution < -0.4 is 0 Å². The first kappa shape index (κ1) is 16.0. The zero-order valence-corrected chi connectivity index (χ0v) is 25.1. The van der Waals surface area contributed by atoms with Crippen molar-refractivity contribution >= 4 is 54.3 Å². The lowest BCUT2D eigenvalue weighted by molar-refractivity contribution is 0.669. The van der Waals surface area contributed by atoms with Crippen LogP contribution in [0.4, 0.5) is 0 Å². The SMILES string of the molecule is [2H]c1c([2H])c([2H])c(-c2nc(-c3c([2H])c([2H])c([2H])c([2H])c3[2H])nc(-c3c([2H])c([2H])c([2H])c4oc5c([2H])c([2H])c(-c6ccc7c8ccccc8c8ccccc8c7c6)c([2H])c5c34)n2)c([2H])c1[2H]. The molecule has 0 aliphatic heterocycles. The number of rotatable bonds is 4. The monoisotopic (exact) mass is 641 g/mol. The third-order valence-corrected chi connectivity index (χ3v) is 8.41. The van der Waals surface area contributed by atoms with E-state index in [4.69, 9.17) is 20.9 Å². The van der Waals surface area contributed by atoms with E-state index in [2.05, 4.69) is 15.0 Å². The third kappa shape index (κ3) is 4.49. The molecular formula is C45H27N3O. The first-order valence-corrected chi connectivity index (χ1v) is 15.1. The summed E-state index contributed by atoms with van der Waals surface area (Å²) in [6, 6.07) is 10.4. The molecular weight excluding hydrogens is 599 g/mol. The summed E-state index contributed by atoms with van der Waals surface area (Å²) in [6.07, 6.45) is 0. The molecule has 0 atom stereocenters. The smallest absolute Gasteiger partial charge is 0.164 e. The average molecular weight is 642 g/mol. The van der Waals surface area contributed by atoms with Crippen LogP contribution in [0.15, 0.2) is 168 Å². The third-order valence-electron chi connectivity index (χ3n) is 8.41. The van der Waals surface area contributed by atoms with Crippen molar-refractivity contribution in [3.05, 3.63) is 163 Å². The molecule has 8 aromatic carbocycles. The summed E-state index contributed by atoms with van der Waals surface area (Å²) < 4.78 is 146. The summed E-state index contributed by atoms with van der Waals surface area (Å²) in [5, 5.41) is 5.24. The summed E-state index contributed by atoms with van der Waals surface area (Å²) >= 11 is 0. The maximum Gasteiger partial charge on any atom is 0.164 e. The van der Waals surface area contributed by atoms with Gasteiger partial charge in [0.1, 0.15) is 11.2 Å². The van der Waals surface area contributed by atoms with E-state index in [9.17, 15) is 5.48 Å². The fourth-order valence-electron chi connectivity index (χ4n) is 6.26. The molecule has 10 aromatic rings. The van der Waals surface area contributed by atoms with Crippen molar-refractivity contribution in [2.45, 2.75) is 0 Å². The molecule has 0 aliphatic carbocycles. The molecule has 0 N–H and O–H groups in total. The van der Waals surface area contributed by atoms with Crippen LogP contribution in [0.2, 0.25) is 0 Å². The van der Waals surface area contributed by atoms with E-state index in [1.54, 1.807) is 6.07 Å². The van der Waals surface area contributed by atoms with Crippen LogP contribution in [0.3, 0.4) is 0 Å². The van der Waals surface area contributed by atoms with Gasteiger partial charge in [-0.05, 0) is 67.6 Å². The molecule has 0 saturated heterocycles. The predicted molar refractivity (Wildman–Crippen MR) is 201 cm³/mol. The highest BCUT2D eigenvalue weighted by Gasteiger charge is 2.18. The van der Waals surface area contributed by atoms with Gasteiger partial charge in [-0.1, -0.05) is 139 Å². The van der Waals surface area contributed by atoms with Crippen molar-refractivity contribution in [1.82, 2.24) is 15.0 Å². The van der Waals surface area contributed by atoms with Crippen LogP contribution in [-0.2, 0) is 0 Å². The van der Waals surface area contributed by atoms with Crippen molar-refractivity contribution in [3.8, 4) is 45.3 Å². The van der Waals surface area contributed by atoms with E-state index in [1.807, 2.05) is 60.7 Å². The molecule has 0 radical (unpaired) electrons. The number of nitrogens with zero attached hydrogens (tertiary/aromatic N) is 3. The number of fused-ring (bicyclic) bond motifs is 9. The van der Waals surface area contributed by atoms with Gasteiger partial charge in [0.25, 0.3) is 0 Å². The fraction of sp³-hybridized carbons (Fsp3) is 0. The highest BCUT2D eigenvalue weighted by atomic mass is 16.3. The van der Waals surface area contributed by atoms with Gasteiger partial charge in [-0.25, -0.2) is 15.0 Å². The van der Waals surface area contributed by atoms with Crippen molar-refractivity contribution in [1.29, 1.82) is 0 Å². The Labute approximate surface area is 304 Å². The lowest BCUT2D eigenvalue weighted by Gasteiger charge is -2.12. The quantitative estimate of drug-likeness (QED) is 0.179. The normalized spacial score (nSPS) is 16.2. The molecule has 4 nitrogen and oxygen atoms in total. The summed E-state index contributed by atoms with van der Waals surface area (Å²) in [5.41, 5.74) is -1.87. The second-order valence-electron chi connectivity index (χ2n) is 11.2. The summed E-state index contributed by atoms with van der Waals surface area (Å²) in [6.45, 7) is 0. The topological polar surface area (TPSA) is 51.8 Å². The van der Waals surface area contributed by atoms with E-state index >= 15 is 0 Å². The second kappa shape index (κ2) is 11.0. The average Bonchev–Trinajstić information content (AvgIpc) is 3.71. The Balaban J connectivity index is 1.33. The van der Waals surface area contributed by atoms with Crippen LogP contribution in [0.25, 0.3) is 99.5 Å². The van der Waals surface area contributed by atoms with Gasteiger partial charge in [-0.2, -0.15) is 0 Å². The Morgan fingerprint density at radius 3 is 1.61 bits per heavy atom. The Morgan fingerprint density at radius 1 is 0.408 bits per heavy atom. The Hall–Kier alpha value is -6.65. The minimum Gasteiger partial charge on any atom is -0.456 e. The summed E-state index contributed by atoms with van der Waals surface area (Å²) in [5.74, 6) is -1.85. The molecule has 0 fully saturated rings. The molecule has 2 aromatic heterocycles. The van der Waals surface area contributed by atoms with Crippen molar-refractivity contribution < 1.29 is 26.3 Å². The highest BCUT2D eigenvalue weighted by Crippen LogP contribution is 2.40. The van der Waals surface area contributed by atoms with Crippen molar-refractivity contribution in [2.24, 2.45) is 0 Å². The molecule has 228 valence electrons. The maximum absolute atomic E-state index is 9.77. The zero-order chi connectivity index (χ0) is 46.2. The van der Waals surface area contributed by atoms with Gasteiger partial charge >= 0.3 is 0 Å². The molecule has 49 heavy (non-hydrogen) atoms. The highest BCUT2D eigenvalue weighted by molar-refractivity contribution is 6.25. The minimum atomic E-state index is -0.765. The maximum atomic E-state index is 9.77. The largest absolute Gasteiger partial charge is 0.456 e. The lowest BCUT2D eigenvalue weighted by atomic mass is 9.92. The lowest BCUT2D eigenvalue weighted by Crippen LogP contribution is -2.00. The number of hydrogen-bond donors (Lipinski definition) is 0. The van der Waals surface area contributed by atoms with Crippen LogP contribution in [0.5, 0.6) is 0 Å². The molecule has 0 unspecified atom stereocenters. The number of furan rings is 1. The predicted octanol–water partition coefficient (Wildman–Crippen LogP) is 11.9. The van der Waals surface area contributed by atoms with E-state index in [-0.39, 0.29) is 39.6 Å². The number of benzene rings is 8. The van der Waals surface area contributed by atoms with Gasteiger partial charge in [0.05, 0.1) is 21.9 Å². The van der Waals surface area contributed by atoms with E-state index in [0.29, 0.717) is 5.56 Å². The number of aromatic nitrogens is 3. The Kier molecular flexibility index (Phi) is 3.57. The van der Waals surface area contributed by atoms with Crippen LogP contribution in [0.1, 0.15) is 21.9 Å². The van der Waals surface area contributed by atoms with E-state index in [1.165, 1.54) is 0 Å². The Morgan fingerprint density at radius 2 is 0.980 bits per heavy atom. The first-order valence-electron chi connectivity index (χ1n) is 23.1.